The van der Waals surface area contributed by atoms with Gasteiger partial charge >= 0.3 is 6.61 Å². The minimum absolute atomic E-state index is 0.0446. The van der Waals surface area contributed by atoms with Crippen molar-refractivity contribution >= 4 is 21.6 Å². The predicted molar refractivity (Wildman–Crippen MR) is 98.3 cm³/mol. The second-order valence-electron chi connectivity index (χ2n) is 6.13. The number of quaternary nitrogens is 1. The van der Waals surface area contributed by atoms with Crippen molar-refractivity contribution in [1.82, 2.24) is 4.98 Å². The van der Waals surface area contributed by atoms with E-state index in [2.05, 4.69) is 24.8 Å². The fourth-order valence-corrected chi connectivity index (χ4v) is 3.89. The second-order valence-corrected chi connectivity index (χ2v) is 7.19. The second kappa shape index (κ2) is 7.97. The number of para-hydroxylation sites is 1. The van der Waals surface area contributed by atoms with E-state index < -0.39 is 6.61 Å². The first-order valence-corrected chi connectivity index (χ1v) is 9.09. The molecule has 0 amide bonds. The third kappa shape index (κ3) is 4.11. The number of hydrogen-bond acceptors (Lipinski definition) is 4. The van der Waals surface area contributed by atoms with Crippen molar-refractivity contribution in [2.75, 3.05) is 14.2 Å². The Hall–Kier alpha value is -2.25. The fraction of sp³-hybridized carbons (Fsp3) is 0.316. The van der Waals surface area contributed by atoms with Crippen LogP contribution in [0.5, 0.6) is 11.5 Å². The molecule has 2 aromatic carbocycles. The molecular weight excluding hydrogens is 358 g/mol. The summed E-state index contributed by atoms with van der Waals surface area (Å²) in [6, 6.07) is 13.4. The summed E-state index contributed by atoms with van der Waals surface area (Å²) in [5.74, 6) is 0.353. The average Bonchev–Trinajstić information content (AvgIpc) is 3.05. The lowest BCUT2D eigenvalue weighted by Crippen LogP contribution is -3.07. The van der Waals surface area contributed by atoms with Gasteiger partial charge in [0.2, 0.25) is 0 Å². The number of nitrogens with one attached hydrogen (secondary N) is 1. The highest BCUT2D eigenvalue weighted by atomic mass is 32.1. The zero-order valence-corrected chi connectivity index (χ0v) is 15.6. The Balaban J connectivity index is 1.75. The van der Waals surface area contributed by atoms with Gasteiger partial charge in [-0.15, -0.1) is 11.3 Å². The van der Waals surface area contributed by atoms with E-state index in [1.54, 1.807) is 23.5 Å². The molecule has 1 unspecified atom stereocenters. The van der Waals surface area contributed by atoms with Gasteiger partial charge in [-0.1, -0.05) is 12.1 Å². The van der Waals surface area contributed by atoms with Gasteiger partial charge in [-0.25, -0.2) is 4.98 Å². The van der Waals surface area contributed by atoms with E-state index in [-0.39, 0.29) is 11.8 Å². The molecule has 7 heteroatoms. The molecule has 0 aliphatic carbocycles. The van der Waals surface area contributed by atoms with E-state index in [4.69, 9.17) is 9.72 Å². The summed E-state index contributed by atoms with van der Waals surface area (Å²) in [7, 11) is 3.53. The van der Waals surface area contributed by atoms with Gasteiger partial charge in [0.25, 0.3) is 0 Å². The molecule has 0 aliphatic heterocycles. The highest BCUT2D eigenvalue weighted by Gasteiger charge is 2.21. The van der Waals surface area contributed by atoms with Crippen LogP contribution in [0, 0.1) is 0 Å². The predicted octanol–water partition coefficient (Wildman–Crippen LogP) is 3.68. The number of aromatic nitrogens is 1. The Labute approximate surface area is 155 Å². The smallest absolute Gasteiger partial charge is 0.387 e. The molecule has 0 bridgehead atoms. The third-order valence-corrected chi connectivity index (χ3v) is 5.57. The number of rotatable bonds is 7. The van der Waals surface area contributed by atoms with Crippen molar-refractivity contribution < 1.29 is 23.2 Å². The first-order chi connectivity index (χ1) is 12.5. The molecule has 2 atom stereocenters. The standard InChI is InChI=1S/C19H20F2N2O2S/c1-12(18-22-14-6-4-5-7-17(14)26-18)23(2)11-13-8-9-15(25-19(20)21)16(10-13)24-3/h4-10,12,19H,11H2,1-3H3/p+1/t12-/m0/s1. The molecule has 26 heavy (non-hydrogen) atoms. The zero-order valence-electron chi connectivity index (χ0n) is 14.8. The van der Waals surface area contributed by atoms with Gasteiger partial charge in [0, 0.05) is 5.56 Å². The Bertz CT molecular complexity index is 852. The Morgan fingerprint density at radius 1 is 1.15 bits per heavy atom. The molecule has 0 spiro atoms. The number of thiazole rings is 1. The first-order valence-electron chi connectivity index (χ1n) is 8.27. The van der Waals surface area contributed by atoms with Gasteiger partial charge in [0.15, 0.2) is 16.5 Å². The van der Waals surface area contributed by atoms with Gasteiger partial charge in [0.1, 0.15) is 12.6 Å². The van der Waals surface area contributed by atoms with E-state index in [0.29, 0.717) is 12.3 Å². The lowest BCUT2D eigenvalue weighted by atomic mass is 10.1. The minimum Gasteiger partial charge on any atom is -0.493 e. The van der Waals surface area contributed by atoms with Crippen molar-refractivity contribution in [1.29, 1.82) is 0 Å². The molecule has 1 heterocycles. The summed E-state index contributed by atoms with van der Waals surface area (Å²) >= 11 is 1.70. The molecule has 1 N–H and O–H groups in total. The molecule has 3 rings (SSSR count). The van der Waals surface area contributed by atoms with Crippen LogP contribution in [0.15, 0.2) is 42.5 Å². The molecule has 3 aromatic rings. The normalized spacial score (nSPS) is 13.8. The van der Waals surface area contributed by atoms with Crippen molar-refractivity contribution in [2.45, 2.75) is 26.1 Å². The van der Waals surface area contributed by atoms with Gasteiger partial charge in [0.05, 0.1) is 24.4 Å². The number of ether oxygens (including phenoxy) is 2. The molecule has 0 saturated heterocycles. The van der Waals surface area contributed by atoms with Crippen LogP contribution in [0.2, 0.25) is 0 Å². The number of nitrogens with zero attached hydrogens (tertiary/aromatic N) is 1. The quantitative estimate of drug-likeness (QED) is 0.680. The summed E-state index contributed by atoms with van der Waals surface area (Å²) in [4.78, 5) is 5.97. The van der Waals surface area contributed by atoms with Gasteiger partial charge in [-0.05, 0) is 37.3 Å². The average molecular weight is 379 g/mol. The van der Waals surface area contributed by atoms with Crippen LogP contribution >= 0.6 is 11.3 Å². The Morgan fingerprint density at radius 3 is 2.62 bits per heavy atom. The van der Waals surface area contributed by atoms with E-state index in [9.17, 15) is 8.78 Å². The van der Waals surface area contributed by atoms with Gasteiger partial charge < -0.3 is 14.4 Å². The number of fused-ring (bicyclic) bond motifs is 1. The monoisotopic (exact) mass is 379 g/mol. The lowest BCUT2D eigenvalue weighted by Gasteiger charge is -2.20. The topological polar surface area (TPSA) is 35.8 Å². The molecule has 4 nitrogen and oxygen atoms in total. The van der Waals surface area contributed by atoms with Crippen LogP contribution in [0.1, 0.15) is 23.5 Å². The van der Waals surface area contributed by atoms with Crippen LogP contribution in [0.25, 0.3) is 10.2 Å². The molecule has 138 valence electrons. The summed E-state index contributed by atoms with van der Waals surface area (Å²) in [5, 5.41) is 1.08. The summed E-state index contributed by atoms with van der Waals surface area (Å²) < 4.78 is 35.7. The summed E-state index contributed by atoms with van der Waals surface area (Å²) in [5.41, 5.74) is 2.00. The maximum Gasteiger partial charge on any atom is 0.387 e. The number of alkyl halides is 2. The summed E-state index contributed by atoms with van der Waals surface area (Å²) in [6.45, 7) is -0.0249. The van der Waals surface area contributed by atoms with Crippen molar-refractivity contribution in [2.24, 2.45) is 0 Å². The highest BCUT2D eigenvalue weighted by molar-refractivity contribution is 7.18. The number of benzene rings is 2. The van der Waals surface area contributed by atoms with Crippen LogP contribution in [0.3, 0.4) is 0 Å². The SMILES string of the molecule is COc1cc(C[NH+](C)[C@@H](C)c2nc3ccccc3s2)ccc1OC(F)F. The minimum atomic E-state index is -2.87. The number of halogens is 2. The van der Waals surface area contributed by atoms with Crippen molar-refractivity contribution in [3.8, 4) is 11.5 Å². The van der Waals surface area contributed by atoms with E-state index in [1.165, 1.54) is 22.8 Å². The third-order valence-electron chi connectivity index (χ3n) is 4.35. The van der Waals surface area contributed by atoms with E-state index in [0.717, 1.165) is 16.1 Å². The number of hydrogen-bond donors (Lipinski definition) is 1. The van der Waals surface area contributed by atoms with Gasteiger partial charge in [-0.3, -0.25) is 0 Å². The van der Waals surface area contributed by atoms with Gasteiger partial charge in [-0.2, -0.15) is 8.78 Å². The van der Waals surface area contributed by atoms with Crippen LogP contribution in [-0.4, -0.2) is 25.8 Å². The molecule has 1 aromatic heterocycles. The molecule has 0 radical (unpaired) electrons. The van der Waals surface area contributed by atoms with E-state index in [1.807, 2.05) is 18.2 Å². The van der Waals surface area contributed by atoms with Crippen molar-refractivity contribution in [3.05, 3.63) is 53.0 Å². The van der Waals surface area contributed by atoms with Crippen LogP contribution in [-0.2, 0) is 6.54 Å². The van der Waals surface area contributed by atoms with E-state index >= 15 is 0 Å². The summed E-state index contributed by atoms with van der Waals surface area (Å²) in [6.07, 6.45) is 0. The zero-order chi connectivity index (χ0) is 18.7. The number of methoxy groups -OCH3 is 1. The maximum absolute atomic E-state index is 12.4. The lowest BCUT2D eigenvalue weighted by molar-refractivity contribution is -0.923. The molecular formula is C19H21F2N2O2S+. The maximum atomic E-state index is 12.4. The van der Waals surface area contributed by atoms with Crippen LogP contribution < -0.4 is 14.4 Å². The highest BCUT2D eigenvalue weighted by Crippen LogP contribution is 2.29. The Kier molecular flexibility index (Phi) is 5.68. The van der Waals surface area contributed by atoms with Crippen LogP contribution in [0.4, 0.5) is 8.78 Å². The fourth-order valence-electron chi connectivity index (χ4n) is 2.78. The molecule has 0 aliphatic rings. The first kappa shape index (κ1) is 18.5. The van der Waals surface area contributed by atoms with Crippen molar-refractivity contribution in [3.63, 3.8) is 0 Å². The Morgan fingerprint density at radius 2 is 1.92 bits per heavy atom. The molecule has 0 saturated carbocycles. The largest absolute Gasteiger partial charge is 0.493 e. The molecule has 0 fully saturated rings.